The molecule has 2 heterocycles. The van der Waals surface area contributed by atoms with Gasteiger partial charge in [0.1, 0.15) is 12.4 Å². The van der Waals surface area contributed by atoms with E-state index < -0.39 is 0 Å². The first-order valence-corrected chi connectivity index (χ1v) is 7.26. The molecule has 0 atom stereocenters. The molecule has 2 aromatic heterocycles. The summed E-state index contributed by atoms with van der Waals surface area (Å²) in [5.41, 5.74) is 0.786. The number of carbonyl (C=O) groups is 1. The Balaban J connectivity index is 1.59. The minimum atomic E-state index is -0.215. The number of hydrogen-bond donors (Lipinski definition) is 1. The first-order chi connectivity index (χ1) is 11.1. The molecule has 0 aliphatic carbocycles. The molecule has 1 aromatic carbocycles. The van der Waals surface area contributed by atoms with Crippen LogP contribution in [-0.2, 0) is 24.9 Å². The molecule has 0 spiro atoms. The molecule has 3 aromatic rings. The normalized spacial score (nSPS) is 10.7. The Kier molecular flexibility index (Phi) is 4.33. The number of nitrogens with one attached hydrogen (secondary N) is 1. The average molecular weight is 332 g/mol. The molecule has 1 amide bonds. The first-order valence-electron chi connectivity index (χ1n) is 6.88. The van der Waals surface area contributed by atoms with Crippen molar-refractivity contribution in [3.8, 4) is 11.4 Å². The quantitative estimate of drug-likeness (QED) is 0.754. The molecular formula is C14H14ClN7O. The standard InChI is InChI=1S/C14H14ClN7O/c1-21-7-6-16-12(21)8-17-13(23)9-22-19-14(18-20-22)10-2-4-11(15)5-3-10/h2-7H,8-9H2,1H3,(H,17,23). The van der Waals surface area contributed by atoms with Crippen molar-refractivity contribution in [1.29, 1.82) is 0 Å². The lowest BCUT2D eigenvalue weighted by Crippen LogP contribution is -2.29. The van der Waals surface area contributed by atoms with Crippen molar-refractivity contribution < 1.29 is 4.79 Å². The van der Waals surface area contributed by atoms with Crippen LogP contribution in [-0.4, -0.2) is 35.7 Å². The summed E-state index contributed by atoms with van der Waals surface area (Å²) in [5.74, 6) is 0.998. The molecule has 0 fully saturated rings. The Hall–Kier alpha value is -2.74. The van der Waals surface area contributed by atoms with Crippen LogP contribution in [0.2, 0.25) is 5.02 Å². The van der Waals surface area contributed by atoms with Crippen LogP contribution in [0.4, 0.5) is 0 Å². The van der Waals surface area contributed by atoms with Gasteiger partial charge in [0.2, 0.25) is 11.7 Å². The van der Waals surface area contributed by atoms with Crippen molar-refractivity contribution in [1.82, 2.24) is 35.1 Å². The summed E-state index contributed by atoms with van der Waals surface area (Å²) in [6.07, 6.45) is 3.50. The number of hydrogen-bond acceptors (Lipinski definition) is 5. The molecule has 0 bridgehead atoms. The highest BCUT2D eigenvalue weighted by Crippen LogP contribution is 2.16. The van der Waals surface area contributed by atoms with Gasteiger partial charge in [-0.25, -0.2) is 4.98 Å². The summed E-state index contributed by atoms with van der Waals surface area (Å²) in [4.78, 5) is 17.3. The minimum Gasteiger partial charge on any atom is -0.347 e. The molecule has 0 radical (unpaired) electrons. The number of aromatic nitrogens is 6. The maximum atomic E-state index is 11.9. The van der Waals surface area contributed by atoms with Crippen LogP contribution in [0.3, 0.4) is 0 Å². The van der Waals surface area contributed by atoms with Crippen molar-refractivity contribution >= 4 is 17.5 Å². The van der Waals surface area contributed by atoms with E-state index in [2.05, 4.69) is 25.7 Å². The summed E-state index contributed by atoms with van der Waals surface area (Å²) < 4.78 is 1.84. The van der Waals surface area contributed by atoms with Crippen LogP contribution < -0.4 is 5.32 Å². The predicted molar refractivity (Wildman–Crippen MR) is 83.3 cm³/mol. The second-order valence-electron chi connectivity index (χ2n) is 4.88. The summed E-state index contributed by atoms with van der Waals surface area (Å²) in [7, 11) is 1.87. The van der Waals surface area contributed by atoms with Gasteiger partial charge in [0, 0.05) is 30.0 Å². The van der Waals surface area contributed by atoms with Gasteiger partial charge in [0.05, 0.1) is 6.54 Å². The highest BCUT2D eigenvalue weighted by molar-refractivity contribution is 6.30. The number of rotatable bonds is 5. The van der Waals surface area contributed by atoms with E-state index in [9.17, 15) is 4.79 Å². The summed E-state index contributed by atoms with van der Waals surface area (Å²) >= 11 is 5.84. The van der Waals surface area contributed by atoms with Gasteiger partial charge in [-0.2, -0.15) is 4.80 Å². The lowest BCUT2D eigenvalue weighted by Gasteiger charge is -2.04. The van der Waals surface area contributed by atoms with E-state index in [1.807, 2.05) is 17.8 Å². The smallest absolute Gasteiger partial charge is 0.244 e. The third-order valence-electron chi connectivity index (χ3n) is 3.20. The number of nitrogens with zero attached hydrogens (tertiary/aromatic N) is 6. The lowest BCUT2D eigenvalue weighted by atomic mass is 10.2. The highest BCUT2D eigenvalue weighted by Gasteiger charge is 2.10. The van der Waals surface area contributed by atoms with E-state index in [1.54, 1.807) is 30.5 Å². The van der Waals surface area contributed by atoms with Crippen molar-refractivity contribution in [2.45, 2.75) is 13.1 Å². The van der Waals surface area contributed by atoms with Gasteiger partial charge in [-0.15, -0.1) is 10.2 Å². The van der Waals surface area contributed by atoms with E-state index in [-0.39, 0.29) is 12.5 Å². The van der Waals surface area contributed by atoms with Gasteiger partial charge in [-0.3, -0.25) is 4.79 Å². The molecule has 1 N–H and O–H groups in total. The van der Waals surface area contributed by atoms with E-state index in [0.717, 1.165) is 11.4 Å². The maximum Gasteiger partial charge on any atom is 0.244 e. The predicted octanol–water partition coefficient (Wildman–Crippen LogP) is 1.04. The van der Waals surface area contributed by atoms with Crippen LogP contribution in [0.25, 0.3) is 11.4 Å². The summed E-state index contributed by atoms with van der Waals surface area (Å²) in [6.45, 7) is 0.339. The molecule has 118 valence electrons. The van der Waals surface area contributed by atoms with Gasteiger partial charge in [-0.1, -0.05) is 11.6 Å². The molecule has 3 rings (SSSR count). The van der Waals surface area contributed by atoms with E-state index >= 15 is 0 Å². The largest absolute Gasteiger partial charge is 0.347 e. The van der Waals surface area contributed by atoms with Gasteiger partial charge in [0.25, 0.3) is 0 Å². The van der Waals surface area contributed by atoms with E-state index in [4.69, 9.17) is 11.6 Å². The van der Waals surface area contributed by atoms with Crippen LogP contribution in [0.15, 0.2) is 36.7 Å². The molecule has 0 saturated heterocycles. The van der Waals surface area contributed by atoms with Gasteiger partial charge < -0.3 is 9.88 Å². The second-order valence-corrected chi connectivity index (χ2v) is 5.32. The SMILES string of the molecule is Cn1ccnc1CNC(=O)Cn1nnc(-c2ccc(Cl)cc2)n1. The minimum absolute atomic E-state index is 0.00892. The Labute approximate surface area is 137 Å². The zero-order valence-corrected chi connectivity index (χ0v) is 13.1. The fraction of sp³-hybridized carbons (Fsp3) is 0.214. The van der Waals surface area contributed by atoms with Crippen LogP contribution in [0.5, 0.6) is 0 Å². The molecule has 23 heavy (non-hydrogen) atoms. The monoisotopic (exact) mass is 331 g/mol. The lowest BCUT2D eigenvalue weighted by molar-refractivity contribution is -0.122. The van der Waals surface area contributed by atoms with Gasteiger partial charge in [0.15, 0.2) is 0 Å². The van der Waals surface area contributed by atoms with Crippen molar-refractivity contribution in [3.63, 3.8) is 0 Å². The first kappa shape index (κ1) is 15.2. The number of halogens is 1. The fourth-order valence-corrected chi connectivity index (χ4v) is 2.08. The second kappa shape index (κ2) is 6.57. The summed E-state index contributed by atoms with van der Waals surface area (Å²) in [5, 5.41) is 15.4. The number of carbonyl (C=O) groups excluding carboxylic acids is 1. The molecule has 9 heteroatoms. The molecular weight excluding hydrogens is 318 g/mol. The molecule has 0 aliphatic rings. The Morgan fingerprint density at radius 1 is 1.30 bits per heavy atom. The van der Waals surface area contributed by atoms with Crippen LogP contribution in [0, 0.1) is 0 Å². The molecule has 8 nitrogen and oxygen atoms in total. The topological polar surface area (TPSA) is 90.5 Å². The maximum absolute atomic E-state index is 11.9. The fourth-order valence-electron chi connectivity index (χ4n) is 1.95. The Morgan fingerprint density at radius 3 is 2.78 bits per heavy atom. The number of amides is 1. The van der Waals surface area contributed by atoms with Crippen LogP contribution >= 0.6 is 11.6 Å². The molecule has 0 aliphatic heterocycles. The van der Waals surface area contributed by atoms with Crippen LogP contribution in [0.1, 0.15) is 5.82 Å². The molecule has 0 saturated carbocycles. The zero-order chi connectivity index (χ0) is 16.2. The zero-order valence-electron chi connectivity index (χ0n) is 12.3. The average Bonchev–Trinajstić information content (AvgIpc) is 3.15. The number of tetrazole rings is 1. The van der Waals surface area contributed by atoms with E-state index in [1.165, 1.54) is 4.80 Å². The van der Waals surface area contributed by atoms with E-state index in [0.29, 0.717) is 17.4 Å². The Bertz CT molecular complexity index is 809. The Morgan fingerprint density at radius 2 is 2.09 bits per heavy atom. The third kappa shape index (κ3) is 3.72. The number of imidazole rings is 1. The van der Waals surface area contributed by atoms with Crippen molar-refractivity contribution in [2.24, 2.45) is 7.05 Å². The third-order valence-corrected chi connectivity index (χ3v) is 3.46. The molecule has 0 unspecified atom stereocenters. The van der Waals surface area contributed by atoms with Crippen molar-refractivity contribution in [3.05, 3.63) is 47.5 Å². The number of aryl methyl sites for hydroxylation is 1. The summed E-state index contributed by atoms with van der Waals surface area (Å²) in [6, 6.07) is 7.09. The van der Waals surface area contributed by atoms with Crippen molar-refractivity contribution in [2.75, 3.05) is 0 Å². The van der Waals surface area contributed by atoms with Gasteiger partial charge >= 0.3 is 0 Å². The number of benzene rings is 1. The van der Waals surface area contributed by atoms with Gasteiger partial charge in [-0.05, 0) is 29.5 Å². The highest BCUT2D eigenvalue weighted by atomic mass is 35.5.